The molecule has 4 unspecified atom stereocenters. The SMILES string of the molecule is C=CCCCCC(=O)OC(c1ccccc1)C(COC)NC(=O)C(CC=C)CC(=O)NC(C)CO. The largest absolute Gasteiger partial charge is 0.455 e. The second kappa shape index (κ2) is 17.5. The molecule has 0 radical (unpaired) electrons. The van der Waals surface area contributed by atoms with E-state index < -0.39 is 24.1 Å². The van der Waals surface area contributed by atoms with Crippen LogP contribution in [0.2, 0.25) is 0 Å². The maximum atomic E-state index is 13.2. The summed E-state index contributed by atoms with van der Waals surface area (Å²) in [7, 11) is 1.50. The second-order valence-electron chi connectivity index (χ2n) is 8.50. The standard InChI is InChI=1S/C27H40N2O6/c1-5-7-8-12-16-25(32)35-26(21-14-10-9-11-15-21)23(19-34-4)29-27(33)22(13-6-2)17-24(31)28-20(3)18-30/h5-6,9-11,14-15,20,22-23,26,30H,1-2,7-8,12-13,16-19H2,3-4H3,(H,28,31)(H,29,33). The van der Waals surface area contributed by atoms with Crippen LogP contribution < -0.4 is 10.6 Å². The van der Waals surface area contributed by atoms with E-state index in [1.807, 2.05) is 36.4 Å². The highest BCUT2D eigenvalue weighted by atomic mass is 16.5. The number of carbonyl (C=O) groups excluding carboxylic acids is 3. The van der Waals surface area contributed by atoms with Crippen LogP contribution in [-0.4, -0.2) is 55.3 Å². The zero-order chi connectivity index (χ0) is 26.1. The van der Waals surface area contributed by atoms with Gasteiger partial charge in [-0.3, -0.25) is 14.4 Å². The number of hydrogen-bond acceptors (Lipinski definition) is 6. The third kappa shape index (κ3) is 11.8. The van der Waals surface area contributed by atoms with Crippen molar-refractivity contribution in [1.82, 2.24) is 10.6 Å². The molecule has 1 aromatic carbocycles. The highest BCUT2D eigenvalue weighted by Crippen LogP contribution is 2.24. The van der Waals surface area contributed by atoms with Gasteiger partial charge in [0.1, 0.15) is 6.10 Å². The van der Waals surface area contributed by atoms with Crippen molar-refractivity contribution in [2.24, 2.45) is 5.92 Å². The summed E-state index contributed by atoms with van der Waals surface area (Å²) in [4.78, 5) is 38.1. The van der Waals surface area contributed by atoms with E-state index in [1.54, 1.807) is 13.0 Å². The zero-order valence-electron chi connectivity index (χ0n) is 20.9. The molecular formula is C27H40N2O6. The number of hydrogen-bond donors (Lipinski definition) is 3. The number of amides is 2. The number of unbranched alkanes of at least 4 members (excludes halogenated alkanes) is 2. The van der Waals surface area contributed by atoms with Gasteiger partial charge in [0.15, 0.2) is 0 Å². The number of methoxy groups -OCH3 is 1. The maximum Gasteiger partial charge on any atom is 0.306 e. The molecule has 194 valence electrons. The number of ether oxygens (including phenoxy) is 2. The smallest absolute Gasteiger partial charge is 0.306 e. The average Bonchev–Trinajstić information content (AvgIpc) is 2.85. The first-order valence-electron chi connectivity index (χ1n) is 12.0. The van der Waals surface area contributed by atoms with Crippen LogP contribution in [0.15, 0.2) is 55.6 Å². The Morgan fingerprint density at radius 1 is 1.09 bits per heavy atom. The molecular weight excluding hydrogens is 448 g/mol. The molecule has 0 spiro atoms. The van der Waals surface area contributed by atoms with Crippen molar-refractivity contribution >= 4 is 17.8 Å². The van der Waals surface area contributed by atoms with Crippen molar-refractivity contribution in [3.63, 3.8) is 0 Å². The first-order valence-corrected chi connectivity index (χ1v) is 12.0. The van der Waals surface area contributed by atoms with Gasteiger partial charge in [0.2, 0.25) is 11.8 Å². The molecule has 0 aromatic heterocycles. The number of aliphatic hydroxyl groups excluding tert-OH is 1. The Hall–Kier alpha value is -2.97. The van der Waals surface area contributed by atoms with Crippen LogP contribution in [-0.2, 0) is 23.9 Å². The minimum absolute atomic E-state index is 0.0685. The highest BCUT2D eigenvalue weighted by Gasteiger charge is 2.31. The molecule has 0 heterocycles. The van der Waals surface area contributed by atoms with Crippen molar-refractivity contribution < 1.29 is 29.0 Å². The van der Waals surface area contributed by atoms with E-state index in [0.29, 0.717) is 6.42 Å². The van der Waals surface area contributed by atoms with Gasteiger partial charge in [0.25, 0.3) is 0 Å². The molecule has 1 aromatic rings. The third-order valence-electron chi connectivity index (χ3n) is 5.40. The number of esters is 1. The quantitative estimate of drug-likeness (QED) is 0.166. The molecule has 0 aliphatic carbocycles. The average molecular weight is 489 g/mol. The van der Waals surface area contributed by atoms with E-state index in [1.165, 1.54) is 7.11 Å². The van der Waals surface area contributed by atoms with E-state index in [-0.39, 0.29) is 50.3 Å². The molecule has 0 saturated carbocycles. The van der Waals surface area contributed by atoms with Crippen LogP contribution in [0.4, 0.5) is 0 Å². The second-order valence-corrected chi connectivity index (χ2v) is 8.50. The Morgan fingerprint density at radius 3 is 2.40 bits per heavy atom. The Bertz CT molecular complexity index is 798. The topological polar surface area (TPSA) is 114 Å². The lowest BCUT2D eigenvalue weighted by Crippen LogP contribution is -2.47. The summed E-state index contributed by atoms with van der Waals surface area (Å²) in [5.74, 6) is -1.76. The number of nitrogens with one attached hydrogen (secondary N) is 2. The molecule has 8 heteroatoms. The molecule has 0 saturated heterocycles. The fourth-order valence-corrected chi connectivity index (χ4v) is 3.56. The lowest BCUT2D eigenvalue weighted by atomic mass is 9.97. The highest BCUT2D eigenvalue weighted by molar-refractivity contribution is 5.86. The molecule has 3 N–H and O–H groups in total. The van der Waals surface area contributed by atoms with Crippen molar-refractivity contribution in [2.45, 2.75) is 63.6 Å². The van der Waals surface area contributed by atoms with Crippen LogP contribution in [0.3, 0.4) is 0 Å². The van der Waals surface area contributed by atoms with Gasteiger partial charge in [-0.1, -0.05) is 42.5 Å². The molecule has 1 rings (SSSR count). The predicted octanol–water partition coefficient (Wildman–Crippen LogP) is 3.23. The molecule has 0 aliphatic rings. The molecule has 0 fully saturated rings. The summed E-state index contributed by atoms with van der Waals surface area (Å²) in [6.45, 7) is 8.96. The number of benzene rings is 1. The summed E-state index contributed by atoms with van der Waals surface area (Å²) >= 11 is 0. The van der Waals surface area contributed by atoms with E-state index in [9.17, 15) is 14.4 Å². The van der Waals surface area contributed by atoms with E-state index in [2.05, 4.69) is 23.8 Å². The van der Waals surface area contributed by atoms with Crippen molar-refractivity contribution in [1.29, 1.82) is 0 Å². The number of aliphatic hydroxyl groups is 1. The predicted molar refractivity (Wildman–Crippen MR) is 135 cm³/mol. The van der Waals surface area contributed by atoms with Gasteiger partial charge in [-0.2, -0.15) is 0 Å². The van der Waals surface area contributed by atoms with Crippen molar-refractivity contribution in [2.75, 3.05) is 20.3 Å². The van der Waals surface area contributed by atoms with Crippen molar-refractivity contribution in [3.05, 3.63) is 61.2 Å². The summed E-state index contributed by atoms with van der Waals surface area (Å²) in [6, 6.07) is 8.10. The lowest BCUT2D eigenvalue weighted by molar-refractivity contribution is -0.153. The Balaban J connectivity index is 3.02. The fraction of sp³-hybridized carbons (Fsp3) is 0.519. The van der Waals surface area contributed by atoms with Gasteiger partial charge in [-0.25, -0.2) is 0 Å². The Labute approximate surface area is 208 Å². The van der Waals surface area contributed by atoms with Gasteiger partial charge < -0.3 is 25.2 Å². The Morgan fingerprint density at radius 2 is 1.80 bits per heavy atom. The summed E-state index contributed by atoms with van der Waals surface area (Å²) in [5.41, 5.74) is 0.726. The third-order valence-corrected chi connectivity index (χ3v) is 5.40. The molecule has 2 amide bonds. The van der Waals surface area contributed by atoms with E-state index in [0.717, 1.165) is 18.4 Å². The van der Waals surface area contributed by atoms with E-state index in [4.69, 9.17) is 14.6 Å². The Kier molecular flexibility index (Phi) is 15.0. The van der Waals surface area contributed by atoms with Gasteiger partial charge in [0, 0.05) is 26.0 Å². The van der Waals surface area contributed by atoms with Crippen LogP contribution in [0.25, 0.3) is 0 Å². The maximum absolute atomic E-state index is 13.2. The van der Waals surface area contributed by atoms with Gasteiger partial charge in [-0.05, 0) is 38.2 Å². The molecule has 4 atom stereocenters. The molecule has 35 heavy (non-hydrogen) atoms. The minimum atomic E-state index is -0.764. The first kappa shape index (κ1) is 30.1. The van der Waals surface area contributed by atoms with Crippen LogP contribution >= 0.6 is 0 Å². The minimum Gasteiger partial charge on any atom is -0.455 e. The summed E-state index contributed by atoms with van der Waals surface area (Å²) in [6.07, 6.45) is 5.44. The monoisotopic (exact) mass is 488 g/mol. The normalized spacial score (nSPS) is 14.1. The molecule has 8 nitrogen and oxygen atoms in total. The summed E-state index contributed by atoms with van der Waals surface area (Å²) < 4.78 is 11.2. The zero-order valence-corrected chi connectivity index (χ0v) is 20.9. The van der Waals surface area contributed by atoms with E-state index >= 15 is 0 Å². The fourth-order valence-electron chi connectivity index (χ4n) is 3.56. The van der Waals surface area contributed by atoms with Crippen molar-refractivity contribution in [3.8, 4) is 0 Å². The van der Waals surface area contributed by atoms with Gasteiger partial charge >= 0.3 is 5.97 Å². The molecule has 0 bridgehead atoms. The van der Waals surface area contributed by atoms with Crippen LogP contribution in [0.5, 0.6) is 0 Å². The van der Waals surface area contributed by atoms with Crippen LogP contribution in [0.1, 0.15) is 57.1 Å². The van der Waals surface area contributed by atoms with Gasteiger partial charge in [-0.15, -0.1) is 13.2 Å². The lowest BCUT2D eigenvalue weighted by Gasteiger charge is -2.29. The number of carbonyl (C=O) groups is 3. The number of allylic oxidation sites excluding steroid dienone is 2. The summed E-state index contributed by atoms with van der Waals surface area (Å²) in [5, 5.41) is 14.7. The number of rotatable bonds is 18. The van der Waals surface area contributed by atoms with Crippen LogP contribution in [0, 0.1) is 5.92 Å². The molecule has 0 aliphatic heterocycles. The first-order chi connectivity index (χ1) is 16.9. The van der Waals surface area contributed by atoms with Gasteiger partial charge in [0.05, 0.1) is 25.2 Å².